The molecule has 2 aromatic carbocycles. The Hall–Kier alpha value is -3.18. The molecule has 1 unspecified atom stereocenters. The predicted octanol–water partition coefficient (Wildman–Crippen LogP) is 6.87. The molecule has 0 radical (unpaired) electrons. The summed E-state index contributed by atoms with van der Waals surface area (Å²) in [7, 11) is 0. The Balaban J connectivity index is 1.64. The maximum atomic E-state index is 13.5. The monoisotopic (exact) mass is 519 g/mol. The normalized spacial score (nSPS) is 17.5. The van der Waals surface area contributed by atoms with Crippen LogP contribution in [-0.4, -0.2) is 23.2 Å². The van der Waals surface area contributed by atoms with Gasteiger partial charge in [-0.25, -0.2) is 4.99 Å². The van der Waals surface area contributed by atoms with Gasteiger partial charge in [-0.05, 0) is 61.2 Å². The van der Waals surface area contributed by atoms with Crippen LogP contribution in [0.2, 0.25) is 5.02 Å². The van der Waals surface area contributed by atoms with E-state index >= 15 is 0 Å². The van der Waals surface area contributed by atoms with Crippen molar-refractivity contribution >= 4 is 57.8 Å². The number of benzene rings is 2. The number of halogens is 1. The molecule has 3 aromatic rings. The third-order valence-corrected chi connectivity index (χ3v) is 7.96. The number of anilines is 1. The number of Topliss-reactive ketones (excluding diaryl/α,β-unsaturated/α-hetero) is 1. The molecule has 1 N–H and O–H groups in total. The first-order chi connectivity index (χ1) is 16.9. The highest BCUT2D eigenvalue weighted by atomic mass is 35.5. The van der Waals surface area contributed by atoms with Crippen molar-refractivity contribution in [1.29, 1.82) is 5.26 Å². The van der Waals surface area contributed by atoms with Gasteiger partial charge in [0.15, 0.2) is 5.78 Å². The lowest BCUT2D eigenvalue weighted by Crippen LogP contribution is -2.36. The number of ketones is 1. The molecule has 0 bridgehead atoms. The lowest BCUT2D eigenvalue weighted by atomic mass is 9.80. The molecule has 1 amide bonds. The highest BCUT2D eigenvalue weighted by molar-refractivity contribution is 8.03. The number of nitrogens with one attached hydrogen (secondary N) is 1. The van der Waals surface area contributed by atoms with Gasteiger partial charge in [-0.1, -0.05) is 47.6 Å². The number of thioether (sulfide) groups is 1. The summed E-state index contributed by atoms with van der Waals surface area (Å²) in [6.45, 7) is 3.74. The van der Waals surface area contributed by atoms with Crippen LogP contribution in [0, 0.1) is 24.2 Å². The molecule has 4 rings (SSSR count). The van der Waals surface area contributed by atoms with Gasteiger partial charge in [0.05, 0.1) is 23.3 Å². The molecular formula is C27H22ClN3O2S2. The predicted molar refractivity (Wildman–Crippen MR) is 144 cm³/mol. The van der Waals surface area contributed by atoms with E-state index in [9.17, 15) is 14.9 Å². The Bertz CT molecular complexity index is 1360. The van der Waals surface area contributed by atoms with Gasteiger partial charge in [-0.2, -0.15) is 5.26 Å². The van der Waals surface area contributed by atoms with E-state index in [4.69, 9.17) is 11.6 Å². The fraction of sp³-hybridized carbons (Fsp3) is 0.185. The van der Waals surface area contributed by atoms with E-state index in [1.54, 1.807) is 31.2 Å². The smallest absolute Gasteiger partial charge is 0.234 e. The number of aryl methyl sites for hydroxylation is 1. The zero-order valence-electron chi connectivity index (χ0n) is 19.1. The number of hydrogen-bond acceptors (Lipinski definition) is 6. The van der Waals surface area contributed by atoms with Crippen LogP contribution < -0.4 is 5.32 Å². The van der Waals surface area contributed by atoms with Crippen LogP contribution in [0.25, 0.3) is 0 Å². The Kier molecular flexibility index (Phi) is 7.86. The summed E-state index contributed by atoms with van der Waals surface area (Å²) in [4.78, 5) is 31.8. The Morgan fingerprint density at radius 1 is 1.11 bits per heavy atom. The zero-order valence-corrected chi connectivity index (χ0v) is 21.5. The van der Waals surface area contributed by atoms with E-state index in [1.807, 2.05) is 48.7 Å². The third kappa shape index (κ3) is 5.57. The number of hydrogen-bond donors (Lipinski definition) is 1. The quantitative estimate of drug-likeness (QED) is 0.345. The minimum atomic E-state index is -0.640. The van der Waals surface area contributed by atoms with Gasteiger partial charge in [0, 0.05) is 32.8 Å². The third-order valence-electron chi connectivity index (χ3n) is 5.76. The molecule has 0 saturated heterocycles. The van der Waals surface area contributed by atoms with Crippen LogP contribution in [0.1, 0.15) is 33.6 Å². The fourth-order valence-electron chi connectivity index (χ4n) is 3.95. The number of thiophene rings is 1. The molecule has 1 aliphatic heterocycles. The van der Waals surface area contributed by atoms with Gasteiger partial charge in [0.25, 0.3) is 0 Å². The van der Waals surface area contributed by atoms with Crippen molar-refractivity contribution in [3.05, 3.63) is 97.7 Å². The fourth-order valence-corrected chi connectivity index (χ4v) is 5.92. The van der Waals surface area contributed by atoms with Crippen LogP contribution in [-0.2, 0) is 4.79 Å². The van der Waals surface area contributed by atoms with Gasteiger partial charge in [-0.3, -0.25) is 9.59 Å². The zero-order chi connectivity index (χ0) is 24.9. The SMILES string of the molecule is CC1=NC(SCC(=O)c2ccc(Cl)cc2)=C(C#N)[C@H](c2cccs2)C1C(=O)Nc1ccccc1C. The first-order valence-electron chi connectivity index (χ1n) is 10.9. The lowest BCUT2D eigenvalue weighted by Gasteiger charge is -2.30. The summed E-state index contributed by atoms with van der Waals surface area (Å²) >= 11 is 8.64. The van der Waals surface area contributed by atoms with E-state index in [0.717, 1.165) is 16.1 Å². The largest absolute Gasteiger partial charge is 0.325 e. The van der Waals surface area contributed by atoms with E-state index in [0.29, 0.717) is 26.9 Å². The number of amides is 1. The standard InChI is InChI=1S/C27H22ClN3O2S2/c1-16-6-3-4-7-21(16)31-26(33)24-17(2)30-27(20(14-29)25(24)23-8-5-13-34-23)35-15-22(32)18-9-11-19(28)12-10-18/h3-13,24-25H,15H2,1-2H3,(H,31,33)/t24?,25-/m1/s1. The second-order valence-electron chi connectivity index (χ2n) is 8.08. The van der Waals surface area contributed by atoms with Gasteiger partial charge < -0.3 is 5.32 Å². The molecule has 0 aliphatic carbocycles. The number of nitrogens with zero attached hydrogens (tertiary/aromatic N) is 2. The van der Waals surface area contributed by atoms with Crippen LogP contribution in [0.3, 0.4) is 0 Å². The van der Waals surface area contributed by atoms with Crippen LogP contribution in [0.5, 0.6) is 0 Å². The van der Waals surface area contributed by atoms with Crippen molar-refractivity contribution in [2.24, 2.45) is 10.9 Å². The summed E-state index contributed by atoms with van der Waals surface area (Å²) < 4.78 is 0. The number of nitriles is 1. The van der Waals surface area contributed by atoms with Crippen molar-refractivity contribution in [1.82, 2.24) is 0 Å². The molecule has 8 heteroatoms. The van der Waals surface area contributed by atoms with Gasteiger partial charge in [-0.15, -0.1) is 11.3 Å². The van der Waals surface area contributed by atoms with Gasteiger partial charge in [0.1, 0.15) is 5.03 Å². The van der Waals surface area contributed by atoms with E-state index in [-0.39, 0.29) is 17.4 Å². The number of allylic oxidation sites excluding steroid dienone is 1. The van der Waals surface area contributed by atoms with E-state index < -0.39 is 11.8 Å². The number of carbonyl (C=O) groups is 2. The molecule has 2 atom stereocenters. The van der Waals surface area contributed by atoms with Crippen molar-refractivity contribution in [3.8, 4) is 6.07 Å². The number of rotatable bonds is 7. The average molecular weight is 520 g/mol. The van der Waals surface area contributed by atoms with Crippen molar-refractivity contribution < 1.29 is 9.59 Å². The van der Waals surface area contributed by atoms with Crippen LogP contribution in [0.4, 0.5) is 5.69 Å². The molecule has 35 heavy (non-hydrogen) atoms. The molecule has 1 aromatic heterocycles. The highest BCUT2D eigenvalue weighted by Crippen LogP contribution is 2.43. The molecule has 176 valence electrons. The summed E-state index contributed by atoms with van der Waals surface area (Å²) in [6, 6.07) is 20.4. The van der Waals surface area contributed by atoms with Crippen molar-refractivity contribution in [2.75, 3.05) is 11.1 Å². The Morgan fingerprint density at radius 3 is 2.51 bits per heavy atom. The second-order valence-corrected chi connectivity index (χ2v) is 10.5. The van der Waals surface area contributed by atoms with Gasteiger partial charge >= 0.3 is 0 Å². The molecule has 0 fully saturated rings. The van der Waals surface area contributed by atoms with E-state index in [1.165, 1.54) is 23.1 Å². The average Bonchev–Trinajstić information content (AvgIpc) is 3.38. The molecule has 2 heterocycles. The Labute approximate surface area is 217 Å². The topological polar surface area (TPSA) is 82.3 Å². The molecule has 5 nitrogen and oxygen atoms in total. The molecular weight excluding hydrogens is 498 g/mol. The number of para-hydroxylation sites is 1. The second kappa shape index (κ2) is 11.0. The molecule has 0 spiro atoms. The maximum Gasteiger partial charge on any atom is 0.234 e. The van der Waals surface area contributed by atoms with Crippen molar-refractivity contribution in [3.63, 3.8) is 0 Å². The minimum absolute atomic E-state index is 0.0867. The van der Waals surface area contributed by atoms with Crippen LogP contribution >= 0.6 is 34.7 Å². The summed E-state index contributed by atoms with van der Waals surface area (Å²) in [5, 5.41) is 16.1. The summed E-state index contributed by atoms with van der Waals surface area (Å²) in [6.07, 6.45) is 0. The first-order valence-corrected chi connectivity index (χ1v) is 13.1. The van der Waals surface area contributed by atoms with Gasteiger partial charge in [0.2, 0.25) is 5.91 Å². The molecule has 1 aliphatic rings. The maximum absolute atomic E-state index is 13.5. The van der Waals surface area contributed by atoms with Crippen molar-refractivity contribution in [2.45, 2.75) is 19.8 Å². The summed E-state index contributed by atoms with van der Waals surface area (Å²) in [5.74, 6) is -1.30. The summed E-state index contributed by atoms with van der Waals surface area (Å²) in [5.41, 5.74) is 3.23. The number of carbonyl (C=O) groups excluding carboxylic acids is 2. The molecule has 0 saturated carbocycles. The highest BCUT2D eigenvalue weighted by Gasteiger charge is 2.40. The van der Waals surface area contributed by atoms with E-state index in [2.05, 4.69) is 16.4 Å². The first kappa shape index (κ1) is 24.9. The number of aliphatic imine (C=N–C) groups is 1. The minimum Gasteiger partial charge on any atom is -0.325 e. The Morgan fingerprint density at radius 2 is 1.86 bits per heavy atom. The van der Waals surface area contributed by atoms with Crippen LogP contribution in [0.15, 0.2) is 81.6 Å². The lowest BCUT2D eigenvalue weighted by molar-refractivity contribution is -0.118.